The first-order valence-electron chi connectivity index (χ1n) is 9.22. The van der Waals surface area contributed by atoms with Crippen LogP contribution in [0.1, 0.15) is 21.6 Å². The Morgan fingerprint density at radius 2 is 1.89 bits per heavy atom. The van der Waals surface area contributed by atoms with Gasteiger partial charge in [0.1, 0.15) is 5.69 Å². The van der Waals surface area contributed by atoms with Crippen LogP contribution in [-0.2, 0) is 0 Å². The summed E-state index contributed by atoms with van der Waals surface area (Å²) in [5.74, 6) is -0.159. The molecule has 0 radical (unpaired) electrons. The summed E-state index contributed by atoms with van der Waals surface area (Å²) in [6, 6.07) is 15.4. The van der Waals surface area contributed by atoms with Gasteiger partial charge in [0.05, 0.1) is 16.4 Å². The third-order valence-electron chi connectivity index (χ3n) is 4.53. The molecule has 6 heteroatoms. The molecule has 0 aliphatic rings. The Morgan fingerprint density at radius 1 is 1.14 bits per heavy atom. The van der Waals surface area contributed by atoms with E-state index in [9.17, 15) is 4.79 Å². The van der Waals surface area contributed by atoms with Crippen LogP contribution in [-0.4, -0.2) is 47.8 Å². The molecule has 0 aliphatic carbocycles. The second kappa shape index (κ2) is 8.59. The van der Waals surface area contributed by atoms with Crippen molar-refractivity contribution in [2.45, 2.75) is 13.8 Å². The number of carbonyl (C=O) groups is 1. The Morgan fingerprint density at radius 3 is 2.61 bits per heavy atom. The number of aryl methyl sites for hydroxylation is 2. The van der Waals surface area contributed by atoms with Gasteiger partial charge in [-0.15, -0.1) is 0 Å². The number of hydrogen-bond acceptors (Lipinski definition) is 3. The molecule has 0 unspecified atom stereocenters. The van der Waals surface area contributed by atoms with E-state index in [1.165, 1.54) is 0 Å². The van der Waals surface area contributed by atoms with Gasteiger partial charge in [-0.1, -0.05) is 41.9 Å². The molecule has 1 heterocycles. The molecular weight excluding hydrogens is 372 g/mol. The maximum Gasteiger partial charge on any atom is 0.270 e. The van der Waals surface area contributed by atoms with Crippen molar-refractivity contribution < 1.29 is 4.79 Å². The summed E-state index contributed by atoms with van der Waals surface area (Å²) >= 11 is 6.37. The SMILES string of the molecule is Cc1ccc(C)c(-n2nc(-c3ccccc3Cl)cc2C(=O)NCCN(C)C)c1. The molecule has 1 aromatic heterocycles. The van der Waals surface area contributed by atoms with E-state index in [-0.39, 0.29) is 5.91 Å². The summed E-state index contributed by atoms with van der Waals surface area (Å²) < 4.78 is 1.71. The van der Waals surface area contributed by atoms with Gasteiger partial charge in [0.25, 0.3) is 5.91 Å². The average Bonchev–Trinajstić information content (AvgIpc) is 3.08. The summed E-state index contributed by atoms with van der Waals surface area (Å²) in [6.07, 6.45) is 0. The van der Waals surface area contributed by atoms with E-state index in [1.54, 1.807) is 10.7 Å². The van der Waals surface area contributed by atoms with Crippen LogP contribution in [0.4, 0.5) is 0 Å². The number of aromatic nitrogens is 2. The van der Waals surface area contributed by atoms with Crippen LogP contribution in [0.5, 0.6) is 0 Å². The minimum atomic E-state index is -0.159. The zero-order valence-electron chi connectivity index (χ0n) is 16.7. The molecule has 0 saturated heterocycles. The average molecular weight is 397 g/mol. The van der Waals surface area contributed by atoms with Crippen molar-refractivity contribution in [3.63, 3.8) is 0 Å². The van der Waals surface area contributed by atoms with Gasteiger partial charge in [-0.25, -0.2) is 4.68 Å². The van der Waals surface area contributed by atoms with Crippen LogP contribution in [0.2, 0.25) is 5.02 Å². The van der Waals surface area contributed by atoms with Gasteiger partial charge in [0.15, 0.2) is 0 Å². The van der Waals surface area contributed by atoms with Crippen molar-refractivity contribution in [3.8, 4) is 16.9 Å². The van der Waals surface area contributed by atoms with Gasteiger partial charge in [0, 0.05) is 18.7 Å². The largest absolute Gasteiger partial charge is 0.349 e. The summed E-state index contributed by atoms with van der Waals surface area (Å²) in [5.41, 5.74) is 4.99. The van der Waals surface area contributed by atoms with Crippen molar-refractivity contribution in [1.82, 2.24) is 20.0 Å². The molecule has 1 amide bonds. The van der Waals surface area contributed by atoms with Crippen LogP contribution in [0, 0.1) is 13.8 Å². The highest BCUT2D eigenvalue weighted by atomic mass is 35.5. The summed E-state index contributed by atoms with van der Waals surface area (Å²) in [5, 5.41) is 8.32. The number of amides is 1. The second-order valence-electron chi connectivity index (χ2n) is 7.16. The Bertz CT molecular complexity index is 994. The number of nitrogens with zero attached hydrogens (tertiary/aromatic N) is 3. The Hall–Kier alpha value is -2.63. The van der Waals surface area contributed by atoms with E-state index < -0.39 is 0 Å². The zero-order valence-corrected chi connectivity index (χ0v) is 17.4. The molecule has 5 nitrogen and oxygen atoms in total. The lowest BCUT2D eigenvalue weighted by atomic mass is 10.1. The van der Waals surface area contributed by atoms with E-state index in [0.717, 1.165) is 28.9 Å². The van der Waals surface area contributed by atoms with Crippen LogP contribution < -0.4 is 5.32 Å². The fourth-order valence-corrected chi connectivity index (χ4v) is 3.19. The normalized spacial score (nSPS) is 11.1. The fourth-order valence-electron chi connectivity index (χ4n) is 2.96. The quantitative estimate of drug-likeness (QED) is 0.682. The van der Waals surface area contributed by atoms with Gasteiger partial charge in [0.2, 0.25) is 0 Å². The van der Waals surface area contributed by atoms with Crippen molar-refractivity contribution in [1.29, 1.82) is 0 Å². The van der Waals surface area contributed by atoms with E-state index in [0.29, 0.717) is 23.0 Å². The Balaban J connectivity index is 2.07. The van der Waals surface area contributed by atoms with Crippen LogP contribution in [0.15, 0.2) is 48.5 Å². The lowest BCUT2D eigenvalue weighted by molar-refractivity contribution is 0.0943. The number of rotatable bonds is 6. The molecule has 0 aliphatic heterocycles. The predicted molar refractivity (Wildman–Crippen MR) is 114 cm³/mol. The topological polar surface area (TPSA) is 50.2 Å². The third kappa shape index (κ3) is 4.43. The molecule has 0 atom stereocenters. The molecule has 28 heavy (non-hydrogen) atoms. The van der Waals surface area contributed by atoms with Gasteiger partial charge in [-0.3, -0.25) is 4.79 Å². The molecule has 0 spiro atoms. The van der Waals surface area contributed by atoms with Gasteiger partial charge in [-0.05, 0) is 57.3 Å². The minimum absolute atomic E-state index is 0.159. The van der Waals surface area contributed by atoms with Crippen molar-refractivity contribution >= 4 is 17.5 Å². The van der Waals surface area contributed by atoms with E-state index in [2.05, 4.69) is 5.32 Å². The number of halogens is 1. The maximum absolute atomic E-state index is 12.9. The summed E-state index contributed by atoms with van der Waals surface area (Å²) in [4.78, 5) is 14.9. The third-order valence-corrected chi connectivity index (χ3v) is 4.86. The summed E-state index contributed by atoms with van der Waals surface area (Å²) in [6.45, 7) is 5.36. The first kappa shape index (κ1) is 20.1. The molecule has 0 saturated carbocycles. The van der Waals surface area contributed by atoms with E-state index in [4.69, 9.17) is 16.7 Å². The predicted octanol–water partition coefficient (Wildman–Crippen LogP) is 4.10. The molecule has 0 fully saturated rings. The lowest BCUT2D eigenvalue weighted by Crippen LogP contribution is -2.32. The van der Waals surface area contributed by atoms with E-state index >= 15 is 0 Å². The van der Waals surface area contributed by atoms with Gasteiger partial charge >= 0.3 is 0 Å². The first-order chi connectivity index (χ1) is 13.4. The lowest BCUT2D eigenvalue weighted by Gasteiger charge is -2.13. The highest BCUT2D eigenvalue weighted by molar-refractivity contribution is 6.33. The molecule has 1 N–H and O–H groups in total. The molecule has 0 bridgehead atoms. The smallest absolute Gasteiger partial charge is 0.270 e. The second-order valence-corrected chi connectivity index (χ2v) is 7.56. The number of nitrogens with one attached hydrogen (secondary N) is 1. The van der Waals surface area contributed by atoms with Crippen LogP contribution >= 0.6 is 11.6 Å². The van der Waals surface area contributed by atoms with Crippen molar-refractivity contribution in [3.05, 3.63) is 70.4 Å². The summed E-state index contributed by atoms with van der Waals surface area (Å²) in [7, 11) is 3.95. The van der Waals surface area contributed by atoms with Crippen LogP contribution in [0.3, 0.4) is 0 Å². The number of hydrogen-bond donors (Lipinski definition) is 1. The van der Waals surface area contributed by atoms with Gasteiger partial charge in [-0.2, -0.15) is 5.10 Å². The first-order valence-corrected chi connectivity index (χ1v) is 9.60. The zero-order chi connectivity index (χ0) is 20.3. The standard InChI is InChI=1S/C22H25ClN4O/c1-15-9-10-16(2)20(13-15)27-21(22(28)24-11-12-26(3)4)14-19(25-27)17-7-5-6-8-18(17)23/h5-10,13-14H,11-12H2,1-4H3,(H,24,28). The molecule has 146 valence electrons. The number of benzene rings is 2. The monoisotopic (exact) mass is 396 g/mol. The maximum atomic E-state index is 12.9. The highest BCUT2D eigenvalue weighted by Gasteiger charge is 2.19. The van der Waals surface area contributed by atoms with Gasteiger partial charge < -0.3 is 10.2 Å². The van der Waals surface area contributed by atoms with Crippen LogP contribution in [0.25, 0.3) is 16.9 Å². The van der Waals surface area contributed by atoms with Crippen molar-refractivity contribution in [2.75, 3.05) is 27.2 Å². The number of likely N-dealkylation sites (N-methyl/N-ethyl adjacent to an activating group) is 1. The molecule has 3 aromatic rings. The molecule has 3 rings (SSSR count). The molecule has 2 aromatic carbocycles. The van der Waals surface area contributed by atoms with E-state index in [1.807, 2.05) is 75.3 Å². The minimum Gasteiger partial charge on any atom is -0.349 e. The van der Waals surface area contributed by atoms with Crippen molar-refractivity contribution in [2.24, 2.45) is 0 Å². The fraction of sp³-hybridized carbons (Fsp3) is 0.273. The Labute approximate surface area is 170 Å². The number of carbonyl (C=O) groups excluding carboxylic acids is 1. The molecular formula is C22H25ClN4O. The highest BCUT2D eigenvalue weighted by Crippen LogP contribution is 2.29. The Kier molecular flexibility index (Phi) is 6.17.